The standard InChI is InChI=1S/C16H25NO2S/c1-14-7-9-20-10-8-17(14)11-16(18)13-19-12-15-5-3-2-4-6-15/h2-6,14,16,18H,7-13H2,1H3/t14-,16+/m1/s1. The lowest BCUT2D eigenvalue weighted by atomic mass is 10.2. The Bertz CT molecular complexity index is 374. The van der Waals surface area contributed by atoms with E-state index in [1.54, 1.807) is 0 Å². The van der Waals surface area contributed by atoms with Crippen molar-refractivity contribution in [1.29, 1.82) is 0 Å². The highest BCUT2D eigenvalue weighted by Crippen LogP contribution is 2.16. The Morgan fingerprint density at radius 3 is 2.95 bits per heavy atom. The number of hydrogen-bond acceptors (Lipinski definition) is 4. The molecule has 0 saturated carbocycles. The second kappa shape index (κ2) is 8.67. The first-order valence-corrected chi connectivity index (χ1v) is 8.52. The molecule has 1 N–H and O–H groups in total. The predicted molar refractivity (Wildman–Crippen MR) is 85.1 cm³/mol. The maximum absolute atomic E-state index is 10.1. The highest BCUT2D eigenvalue weighted by molar-refractivity contribution is 7.99. The summed E-state index contributed by atoms with van der Waals surface area (Å²) in [5, 5.41) is 10.1. The Hall–Kier alpha value is -0.550. The van der Waals surface area contributed by atoms with Gasteiger partial charge < -0.3 is 9.84 Å². The van der Waals surface area contributed by atoms with Crippen molar-refractivity contribution in [3.8, 4) is 0 Å². The van der Waals surface area contributed by atoms with Gasteiger partial charge in [0.15, 0.2) is 0 Å². The number of aliphatic hydroxyl groups is 1. The Morgan fingerprint density at radius 2 is 2.15 bits per heavy atom. The van der Waals surface area contributed by atoms with Crippen LogP contribution in [0.1, 0.15) is 18.9 Å². The monoisotopic (exact) mass is 295 g/mol. The zero-order chi connectivity index (χ0) is 14.2. The van der Waals surface area contributed by atoms with Gasteiger partial charge in [-0.2, -0.15) is 11.8 Å². The molecule has 1 aliphatic rings. The van der Waals surface area contributed by atoms with E-state index in [-0.39, 0.29) is 0 Å². The molecule has 0 unspecified atom stereocenters. The van der Waals surface area contributed by atoms with Crippen molar-refractivity contribution in [2.75, 3.05) is 31.2 Å². The van der Waals surface area contributed by atoms with E-state index in [4.69, 9.17) is 4.74 Å². The second-order valence-corrected chi connectivity index (χ2v) is 6.62. The molecule has 0 radical (unpaired) electrons. The summed E-state index contributed by atoms with van der Waals surface area (Å²) < 4.78 is 5.61. The van der Waals surface area contributed by atoms with E-state index < -0.39 is 6.10 Å². The number of β-amino-alcohol motifs (C(OH)–C–C–N with tert-alkyl or cyclic N) is 1. The van der Waals surface area contributed by atoms with Crippen LogP contribution in [0.5, 0.6) is 0 Å². The van der Waals surface area contributed by atoms with Crippen molar-refractivity contribution >= 4 is 11.8 Å². The quantitative estimate of drug-likeness (QED) is 0.873. The Balaban J connectivity index is 1.68. The summed E-state index contributed by atoms with van der Waals surface area (Å²) in [4.78, 5) is 2.39. The molecule has 3 nitrogen and oxygen atoms in total. The number of ether oxygens (including phenoxy) is 1. The molecule has 0 bridgehead atoms. The van der Waals surface area contributed by atoms with E-state index in [1.165, 1.54) is 17.9 Å². The molecule has 20 heavy (non-hydrogen) atoms. The molecule has 0 spiro atoms. The van der Waals surface area contributed by atoms with Crippen LogP contribution < -0.4 is 0 Å². The van der Waals surface area contributed by atoms with E-state index in [0.29, 0.717) is 19.3 Å². The maximum Gasteiger partial charge on any atom is 0.0900 e. The minimum atomic E-state index is -0.399. The van der Waals surface area contributed by atoms with Crippen LogP contribution >= 0.6 is 11.8 Å². The van der Waals surface area contributed by atoms with Gasteiger partial charge in [-0.05, 0) is 24.7 Å². The zero-order valence-electron chi connectivity index (χ0n) is 12.2. The average molecular weight is 295 g/mol. The van der Waals surface area contributed by atoms with Crippen LogP contribution in [0, 0.1) is 0 Å². The molecule has 1 fully saturated rings. The molecule has 2 rings (SSSR count). The number of thioether (sulfide) groups is 1. The minimum absolute atomic E-state index is 0.399. The molecular weight excluding hydrogens is 270 g/mol. The third-order valence-corrected chi connectivity index (χ3v) is 4.69. The SMILES string of the molecule is C[C@@H]1CCSCCN1C[C@H](O)COCc1ccccc1. The van der Waals surface area contributed by atoms with Gasteiger partial charge in [0.25, 0.3) is 0 Å². The van der Waals surface area contributed by atoms with Crippen LogP contribution in [0.25, 0.3) is 0 Å². The Morgan fingerprint density at radius 1 is 1.35 bits per heavy atom. The normalized spacial score (nSPS) is 22.4. The van der Waals surface area contributed by atoms with E-state index in [1.807, 2.05) is 42.1 Å². The van der Waals surface area contributed by atoms with Gasteiger partial charge in [0.1, 0.15) is 0 Å². The first-order chi connectivity index (χ1) is 9.75. The van der Waals surface area contributed by atoms with E-state index in [9.17, 15) is 5.11 Å². The molecule has 0 aromatic heterocycles. The van der Waals surface area contributed by atoms with Crippen LogP contribution in [0.4, 0.5) is 0 Å². The molecule has 0 aliphatic carbocycles. The molecule has 1 aliphatic heterocycles. The predicted octanol–water partition coefficient (Wildman–Crippen LogP) is 2.39. The summed E-state index contributed by atoms with van der Waals surface area (Å²) in [7, 11) is 0. The smallest absolute Gasteiger partial charge is 0.0900 e. The summed E-state index contributed by atoms with van der Waals surface area (Å²) in [6.45, 7) is 5.02. The third-order valence-electron chi connectivity index (χ3n) is 3.69. The van der Waals surface area contributed by atoms with Gasteiger partial charge in [-0.25, -0.2) is 0 Å². The molecule has 1 heterocycles. The van der Waals surface area contributed by atoms with Gasteiger partial charge in [0.2, 0.25) is 0 Å². The number of aliphatic hydroxyl groups excluding tert-OH is 1. The van der Waals surface area contributed by atoms with E-state index >= 15 is 0 Å². The summed E-state index contributed by atoms with van der Waals surface area (Å²) in [5.74, 6) is 2.40. The molecule has 2 atom stereocenters. The van der Waals surface area contributed by atoms with E-state index in [0.717, 1.165) is 18.7 Å². The summed E-state index contributed by atoms with van der Waals surface area (Å²) in [6.07, 6.45) is 0.812. The lowest BCUT2D eigenvalue weighted by Gasteiger charge is -2.28. The number of benzene rings is 1. The molecular formula is C16H25NO2S. The molecule has 1 aromatic rings. The van der Waals surface area contributed by atoms with Crippen molar-refractivity contribution in [1.82, 2.24) is 4.90 Å². The fourth-order valence-corrected chi connectivity index (χ4v) is 3.50. The third kappa shape index (κ3) is 5.44. The van der Waals surface area contributed by atoms with Gasteiger partial charge in [0, 0.05) is 24.9 Å². The zero-order valence-corrected chi connectivity index (χ0v) is 13.0. The number of nitrogens with zero attached hydrogens (tertiary/aromatic N) is 1. The first-order valence-electron chi connectivity index (χ1n) is 7.37. The van der Waals surface area contributed by atoms with Gasteiger partial charge in [-0.3, -0.25) is 4.90 Å². The van der Waals surface area contributed by atoms with Gasteiger partial charge in [-0.15, -0.1) is 0 Å². The molecule has 112 valence electrons. The fraction of sp³-hybridized carbons (Fsp3) is 0.625. The van der Waals surface area contributed by atoms with Gasteiger partial charge in [-0.1, -0.05) is 30.3 Å². The van der Waals surface area contributed by atoms with E-state index in [2.05, 4.69) is 11.8 Å². The van der Waals surface area contributed by atoms with Crippen LogP contribution in [0.3, 0.4) is 0 Å². The highest BCUT2D eigenvalue weighted by atomic mass is 32.2. The van der Waals surface area contributed by atoms with Crippen molar-refractivity contribution in [2.24, 2.45) is 0 Å². The van der Waals surface area contributed by atoms with Crippen LogP contribution in [-0.2, 0) is 11.3 Å². The van der Waals surface area contributed by atoms with Crippen molar-refractivity contribution in [3.05, 3.63) is 35.9 Å². The average Bonchev–Trinajstić information content (AvgIpc) is 2.65. The largest absolute Gasteiger partial charge is 0.389 e. The van der Waals surface area contributed by atoms with Crippen molar-refractivity contribution in [2.45, 2.75) is 32.1 Å². The fourth-order valence-electron chi connectivity index (χ4n) is 2.42. The summed E-state index contributed by atoms with van der Waals surface area (Å²) >= 11 is 2.01. The number of rotatable bonds is 6. The molecule has 1 saturated heterocycles. The molecule has 1 aromatic carbocycles. The number of hydrogen-bond donors (Lipinski definition) is 1. The summed E-state index contributed by atoms with van der Waals surface area (Å²) in [6, 6.07) is 10.7. The van der Waals surface area contributed by atoms with Crippen LogP contribution in [0.15, 0.2) is 30.3 Å². The van der Waals surface area contributed by atoms with Crippen LogP contribution in [-0.4, -0.2) is 53.4 Å². The molecule has 0 amide bonds. The van der Waals surface area contributed by atoms with Crippen molar-refractivity contribution in [3.63, 3.8) is 0 Å². The Kier molecular flexibility index (Phi) is 6.87. The van der Waals surface area contributed by atoms with Gasteiger partial charge >= 0.3 is 0 Å². The minimum Gasteiger partial charge on any atom is -0.389 e. The Labute approximate surface area is 126 Å². The van der Waals surface area contributed by atoms with Crippen molar-refractivity contribution < 1.29 is 9.84 Å². The summed E-state index contributed by atoms with van der Waals surface area (Å²) in [5.41, 5.74) is 1.15. The topological polar surface area (TPSA) is 32.7 Å². The first kappa shape index (κ1) is 15.8. The van der Waals surface area contributed by atoms with Gasteiger partial charge in [0.05, 0.1) is 19.3 Å². The van der Waals surface area contributed by atoms with Crippen LogP contribution in [0.2, 0.25) is 0 Å². The lowest BCUT2D eigenvalue weighted by Crippen LogP contribution is -2.41. The maximum atomic E-state index is 10.1. The highest BCUT2D eigenvalue weighted by Gasteiger charge is 2.19. The lowest BCUT2D eigenvalue weighted by molar-refractivity contribution is 0.00495. The molecule has 4 heteroatoms. The second-order valence-electron chi connectivity index (χ2n) is 5.40.